The molecule has 4 nitrogen and oxygen atoms in total. The number of hydrogen-bond donors (Lipinski definition) is 1. The van der Waals surface area contributed by atoms with E-state index in [4.69, 9.17) is 0 Å². The second-order valence-electron chi connectivity index (χ2n) is 5.54. The van der Waals surface area contributed by atoms with Crippen LogP contribution in [0.5, 0.6) is 0 Å². The molecule has 2 aromatic heterocycles. The molecule has 1 aliphatic heterocycles. The number of pyridine rings is 1. The fraction of sp³-hybridized carbons (Fsp3) is 0.412. The van der Waals surface area contributed by atoms with Crippen molar-refractivity contribution in [2.45, 2.75) is 32.2 Å². The van der Waals surface area contributed by atoms with Crippen LogP contribution in [0.4, 0.5) is 5.82 Å². The van der Waals surface area contributed by atoms with Crippen LogP contribution in [0.15, 0.2) is 35.8 Å². The highest BCUT2D eigenvalue weighted by atomic mass is 32.1. The Kier molecular flexibility index (Phi) is 5.06. The lowest BCUT2D eigenvalue weighted by Crippen LogP contribution is -2.30. The number of aromatic nitrogens is 1. The normalized spacial score (nSPS) is 15.4. The standard InChI is InChI=1S/C17H21N3OS/c21-17(19-13-14-7-6-12-22-14)15-8-5-9-18-16(15)20-10-3-1-2-4-11-20/h5-9,12H,1-4,10-11,13H2,(H,19,21). The number of amides is 1. The second kappa shape index (κ2) is 7.40. The van der Waals surface area contributed by atoms with Gasteiger partial charge in [-0.15, -0.1) is 11.3 Å². The molecular formula is C17H21N3OS. The summed E-state index contributed by atoms with van der Waals surface area (Å²) >= 11 is 1.65. The van der Waals surface area contributed by atoms with Gasteiger partial charge < -0.3 is 10.2 Å². The van der Waals surface area contributed by atoms with Gasteiger partial charge in [-0.1, -0.05) is 18.9 Å². The molecule has 0 spiro atoms. The largest absolute Gasteiger partial charge is 0.356 e. The predicted octanol–water partition coefficient (Wildman–Crippen LogP) is 3.45. The molecule has 2 aromatic rings. The summed E-state index contributed by atoms with van der Waals surface area (Å²) in [6.07, 6.45) is 6.66. The van der Waals surface area contributed by atoms with E-state index in [-0.39, 0.29) is 5.91 Å². The van der Waals surface area contributed by atoms with Crippen LogP contribution in [-0.2, 0) is 6.54 Å². The number of thiophene rings is 1. The Morgan fingerprint density at radius 2 is 2.00 bits per heavy atom. The molecule has 0 bridgehead atoms. The molecule has 116 valence electrons. The Bertz CT molecular complexity index is 604. The van der Waals surface area contributed by atoms with Crippen molar-refractivity contribution in [1.82, 2.24) is 10.3 Å². The first kappa shape index (κ1) is 15.0. The van der Waals surface area contributed by atoms with Crippen molar-refractivity contribution in [3.8, 4) is 0 Å². The molecule has 22 heavy (non-hydrogen) atoms. The van der Waals surface area contributed by atoms with Crippen molar-refractivity contribution in [2.24, 2.45) is 0 Å². The van der Waals surface area contributed by atoms with E-state index in [0.29, 0.717) is 12.1 Å². The van der Waals surface area contributed by atoms with E-state index in [1.54, 1.807) is 17.5 Å². The lowest BCUT2D eigenvalue weighted by Gasteiger charge is -2.23. The zero-order chi connectivity index (χ0) is 15.2. The number of nitrogens with zero attached hydrogens (tertiary/aromatic N) is 2. The third-order valence-electron chi connectivity index (χ3n) is 3.94. The number of hydrogen-bond acceptors (Lipinski definition) is 4. The Hall–Kier alpha value is -1.88. The van der Waals surface area contributed by atoms with Crippen LogP contribution in [0.1, 0.15) is 40.9 Å². The minimum atomic E-state index is -0.0410. The summed E-state index contributed by atoms with van der Waals surface area (Å²) in [5.41, 5.74) is 0.681. The Labute approximate surface area is 135 Å². The first-order chi connectivity index (χ1) is 10.8. The molecule has 3 rings (SSSR count). The number of carbonyl (C=O) groups is 1. The average Bonchev–Trinajstić information content (AvgIpc) is 2.93. The maximum absolute atomic E-state index is 12.5. The van der Waals surface area contributed by atoms with Gasteiger partial charge in [0.15, 0.2) is 0 Å². The van der Waals surface area contributed by atoms with Gasteiger partial charge >= 0.3 is 0 Å². The summed E-state index contributed by atoms with van der Waals surface area (Å²) < 4.78 is 0. The van der Waals surface area contributed by atoms with Crippen molar-refractivity contribution in [1.29, 1.82) is 0 Å². The summed E-state index contributed by atoms with van der Waals surface area (Å²) in [7, 11) is 0. The van der Waals surface area contributed by atoms with Crippen LogP contribution in [0, 0.1) is 0 Å². The van der Waals surface area contributed by atoms with Gasteiger partial charge in [-0.25, -0.2) is 4.98 Å². The quantitative estimate of drug-likeness (QED) is 0.940. The maximum Gasteiger partial charge on any atom is 0.255 e. The molecule has 0 unspecified atom stereocenters. The number of nitrogens with one attached hydrogen (secondary N) is 1. The number of rotatable bonds is 4. The van der Waals surface area contributed by atoms with E-state index in [1.165, 1.54) is 25.7 Å². The van der Waals surface area contributed by atoms with Gasteiger partial charge in [0.25, 0.3) is 5.91 Å². The van der Waals surface area contributed by atoms with Crippen molar-refractivity contribution in [2.75, 3.05) is 18.0 Å². The minimum absolute atomic E-state index is 0.0410. The van der Waals surface area contributed by atoms with Crippen molar-refractivity contribution in [3.05, 3.63) is 46.3 Å². The van der Waals surface area contributed by atoms with Crippen molar-refractivity contribution < 1.29 is 4.79 Å². The van der Waals surface area contributed by atoms with Gasteiger partial charge in [0.1, 0.15) is 5.82 Å². The molecule has 0 atom stereocenters. The molecule has 3 heterocycles. The molecule has 0 saturated carbocycles. The monoisotopic (exact) mass is 315 g/mol. The highest BCUT2D eigenvalue weighted by Gasteiger charge is 2.18. The van der Waals surface area contributed by atoms with Crippen LogP contribution >= 0.6 is 11.3 Å². The van der Waals surface area contributed by atoms with E-state index in [2.05, 4.69) is 15.2 Å². The summed E-state index contributed by atoms with van der Waals surface area (Å²) in [5.74, 6) is 0.786. The van der Waals surface area contributed by atoms with Gasteiger partial charge in [0.2, 0.25) is 0 Å². The SMILES string of the molecule is O=C(NCc1cccs1)c1cccnc1N1CCCCCC1. The first-order valence-electron chi connectivity index (χ1n) is 7.85. The molecule has 1 N–H and O–H groups in total. The van der Waals surface area contributed by atoms with Crippen LogP contribution in [-0.4, -0.2) is 24.0 Å². The van der Waals surface area contributed by atoms with Crippen LogP contribution in [0.25, 0.3) is 0 Å². The highest BCUT2D eigenvalue weighted by molar-refractivity contribution is 7.09. The molecular weight excluding hydrogens is 294 g/mol. The van der Waals surface area contributed by atoms with Gasteiger partial charge in [0.05, 0.1) is 12.1 Å². The van der Waals surface area contributed by atoms with Gasteiger partial charge in [-0.3, -0.25) is 4.79 Å². The van der Waals surface area contributed by atoms with Crippen molar-refractivity contribution in [3.63, 3.8) is 0 Å². The van der Waals surface area contributed by atoms with E-state index in [9.17, 15) is 4.79 Å². The molecule has 0 aromatic carbocycles. The predicted molar refractivity (Wildman–Crippen MR) is 90.4 cm³/mol. The lowest BCUT2D eigenvalue weighted by atomic mass is 10.2. The number of anilines is 1. The molecule has 1 fully saturated rings. The van der Waals surface area contributed by atoms with Gasteiger partial charge in [-0.05, 0) is 36.4 Å². The molecule has 0 radical (unpaired) electrons. The summed E-state index contributed by atoms with van der Waals surface area (Å²) in [6, 6.07) is 7.74. The smallest absolute Gasteiger partial charge is 0.255 e. The topological polar surface area (TPSA) is 45.2 Å². The third-order valence-corrected chi connectivity index (χ3v) is 4.82. The molecule has 1 saturated heterocycles. The van der Waals surface area contributed by atoms with E-state index in [1.807, 2.05) is 29.6 Å². The highest BCUT2D eigenvalue weighted by Crippen LogP contribution is 2.21. The van der Waals surface area contributed by atoms with Crippen LogP contribution < -0.4 is 10.2 Å². The molecule has 1 amide bonds. The van der Waals surface area contributed by atoms with Crippen LogP contribution in [0.3, 0.4) is 0 Å². The van der Waals surface area contributed by atoms with Crippen molar-refractivity contribution >= 4 is 23.1 Å². The Balaban J connectivity index is 1.73. The minimum Gasteiger partial charge on any atom is -0.356 e. The zero-order valence-corrected chi connectivity index (χ0v) is 13.4. The fourth-order valence-electron chi connectivity index (χ4n) is 2.78. The fourth-order valence-corrected chi connectivity index (χ4v) is 3.43. The number of carbonyl (C=O) groups excluding carboxylic acids is 1. The zero-order valence-electron chi connectivity index (χ0n) is 12.6. The maximum atomic E-state index is 12.5. The van der Waals surface area contributed by atoms with E-state index in [0.717, 1.165) is 23.8 Å². The first-order valence-corrected chi connectivity index (χ1v) is 8.73. The molecule has 1 aliphatic rings. The third kappa shape index (κ3) is 3.65. The second-order valence-corrected chi connectivity index (χ2v) is 6.57. The van der Waals surface area contributed by atoms with Gasteiger partial charge in [0, 0.05) is 24.2 Å². The van der Waals surface area contributed by atoms with Gasteiger partial charge in [-0.2, -0.15) is 0 Å². The Morgan fingerprint density at radius 3 is 2.73 bits per heavy atom. The summed E-state index contributed by atoms with van der Waals surface area (Å²) in [6.45, 7) is 2.55. The van der Waals surface area contributed by atoms with E-state index < -0.39 is 0 Å². The lowest BCUT2D eigenvalue weighted by molar-refractivity contribution is 0.0951. The average molecular weight is 315 g/mol. The molecule has 0 aliphatic carbocycles. The summed E-state index contributed by atoms with van der Waals surface area (Å²) in [4.78, 5) is 20.4. The van der Waals surface area contributed by atoms with Crippen LogP contribution in [0.2, 0.25) is 0 Å². The summed E-state index contributed by atoms with van der Waals surface area (Å²) in [5, 5.41) is 5.02. The Morgan fingerprint density at radius 1 is 1.18 bits per heavy atom. The van der Waals surface area contributed by atoms with E-state index >= 15 is 0 Å². The molecule has 5 heteroatoms.